The van der Waals surface area contributed by atoms with Crippen molar-refractivity contribution in [3.8, 4) is 5.75 Å². The van der Waals surface area contributed by atoms with Crippen LogP contribution < -0.4 is 9.64 Å². The van der Waals surface area contributed by atoms with Crippen LogP contribution >= 0.6 is 0 Å². The van der Waals surface area contributed by atoms with Crippen molar-refractivity contribution in [2.45, 2.75) is 18.6 Å². The van der Waals surface area contributed by atoms with Gasteiger partial charge in [-0.05, 0) is 12.1 Å². The van der Waals surface area contributed by atoms with Crippen molar-refractivity contribution in [2.24, 2.45) is 0 Å². The van der Waals surface area contributed by atoms with Gasteiger partial charge in [-0.1, -0.05) is 6.07 Å². The Morgan fingerprint density at radius 3 is 2.30 bits per heavy atom. The van der Waals surface area contributed by atoms with Gasteiger partial charge < -0.3 is 14.7 Å². The van der Waals surface area contributed by atoms with Crippen LogP contribution in [0, 0.1) is 0 Å². The van der Waals surface area contributed by atoms with Crippen LogP contribution in [0.4, 0.5) is 32.0 Å². The third-order valence-electron chi connectivity index (χ3n) is 2.32. The fourth-order valence-electron chi connectivity index (χ4n) is 1.39. The van der Waals surface area contributed by atoms with Gasteiger partial charge in [-0.25, -0.2) is 0 Å². The number of hydrogen-bond donors (Lipinski definition) is 1. The lowest BCUT2D eigenvalue weighted by Crippen LogP contribution is -2.39. The molecule has 3 nitrogen and oxygen atoms in total. The number of benzene rings is 1. The first-order valence-corrected chi connectivity index (χ1v) is 5.31. The van der Waals surface area contributed by atoms with Gasteiger partial charge in [-0.15, -0.1) is 13.2 Å². The number of likely N-dealkylation sites (N-methyl/N-ethyl adjacent to an activating group) is 1. The second kappa shape index (κ2) is 5.78. The molecular weight excluding hydrogens is 292 g/mol. The molecule has 1 aromatic rings. The van der Waals surface area contributed by atoms with E-state index in [1.807, 2.05) is 0 Å². The van der Waals surface area contributed by atoms with Crippen LogP contribution in [0.1, 0.15) is 0 Å². The minimum atomic E-state index is -4.89. The predicted molar refractivity (Wildman–Crippen MR) is 58.5 cm³/mol. The standard InChI is InChI=1S/C11H11F6NO2/c1-18(6-9(19)10(12,13)14)7-3-2-4-8(5-7)20-11(15,16)17/h2-5,9,19H,6H2,1H3. The zero-order valence-electron chi connectivity index (χ0n) is 10.2. The summed E-state index contributed by atoms with van der Waals surface area (Å²) in [7, 11) is 1.21. The Bertz CT molecular complexity index is 445. The van der Waals surface area contributed by atoms with Crippen molar-refractivity contribution in [3.63, 3.8) is 0 Å². The van der Waals surface area contributed by atoms with E-state index in [-0.39, 0.29) is 5.69 Å². The largest absolute Gasteiger partial charge is 0.573 e. The van der Waals surface area contributed by atoms with Gasteiger partial charge in [-0.3, -0.25) is 0 Å². The van der Waals surface area contributed by atoms with Crippen LogP contribution in [0.2, 0.25) is 0 Å². The molecule has 1 unspecified atom stereocenters. The lowest BCUT2D eigenvalue weighted by atomic mass is 10.2. The average molecular weight is 303 g/mol. The topological polar surface area (TPSA) is 32.7 Å². The van der Waals surface area contributed by atoms with Crippen LogP contribution in [0.5, 0.6) is 5.75 Å². The molecular formula is C11H11F6NO2. The summed E-state index contributed by atoms with van der Waals surface area (Å²) in [6, 6.07) is 4.45. The van der Waals surface area contributed by atoms with Crippen LogP contribution in [-0.2, 0) is 0 Å². The van der Waals surface area contributed by atoms with Crippen molar-refractivity contribution >= 4 is 5.69 Å². The molecule has 114 valence electrons. The Morgan fingerprint density at radius 2 is 1.80 bits per heavy atom. The molecule has 0 aliphatic carbocycles. The van der Waals surface area contributed by atoms with Crippen LogP contribution in [-0.4, -0.2) is 37.3 Å². The Balaban J connectivity index is 2.79. The zero-order chi connectivity index (χ0) is 15.6. The maximum Gasteiger partial charge on any atom is 0.573 e. The number of hydrogen-bond acceptors (Lipinski definition) is 3. The van der Waals surface area contributed by atoms with E-state index in [0.717, 1.165) is 17.0 Å². The molecule has 0 saturated carbocycles. The minimum Gasteiger partial charge on any atom is -0.406 e. The predicted octanol–water partition coefficient (Wildman–Crippen LogP) is 2.94. The Labute approximate surface area is 110 Å². The normalized spacial score (nSPS) is 14.0. The van der Waals surface area contributed by atoms with Gasteiger partial charge >= 0.3 is 12.5 Å². The van der Waals surface area contributed by atoms with E-state index >= 15 is 0 Å². The van der Waals surface area contributed by atoms with Gasteiger partial charge in [0.1, 0.15) is 5.75 Å². The molecule has 1 atom stereocenters. The average Bonchev–Trinajstić information content (AvgIpc) is 2.25. The molecule has 0 aliphatic rings. The number of nitrogens with zero attached hydrogens (tertiary/aromatic N) is 1. The summed E-state index contributed by atoms with van der Waals surface area (Å²) in [6.45, 7) is -0.807. The molecule has 1 aromatic carbocycles. The van der Waals surface area contributed by atoms with Gasteiger partial charge in [0.25, 0.3) is 0 Å². The molecule has 0 fully saturated rings. The van der Waals surface area contributed by atoms with E-state index in [2.05, 4.69) is 4.74 Å². The van der Waals surface area contributed by atoms with Gasteiger partial charge in [0, 0.05) is 18.8 Å². The number of anilines is 1. The Kier molecular flexibility index (Phi) is 4.74. The van der Waals surface area contributed by atoms with Crippen molar-refractivity contribution in [2.75, 3.05) is 18.5 Å². The highest BCUT2D eigenvalue weighted by Gasteiger charge is 2.38. The third-order valence-corrected chi connectivity index (χ3v) is 2.32. The number of halogens is 6. The first-order valence-electron chi connectivity index (χ1n) is 5.31. The molecule has 1 N–H and O–H groups in total. The van der Waals surface area contributed by atoms with Gasteiger partial charge in [-0.2, -0.15) is 13.2 Å². The summed E-state index contributed by atoms with van der Waals surface area (Å²) in [6.07, 6.45) is -12.3. The highest BCUT2D eigenvalue weighted by Crippen LogP contribution is 2.27. The molecule has 0 aliphatic heterocycles. The summed E-state index contributed by atoms with van der Waals surface area (Å²) in [4.78, 5) is 0.974. The molecule has 1 rings (SSSR count). The quantitative estimate of drug-likeness (QED) is 0.868. The van der Waals surface area contributed by atoms with E-state index in [4.69, 9.17) is 5.11 Å². The number of rotatable bonds is 4. The molecule has 0 spiro atoms. The highest BCUT2D eigenvalue weighted by molar-refractivity contribution is 5.50. The van der Waals surface area contributed by atoms with Crippen molar-refractivity contribution in [1.29, 1.82) is 0 Å². The zero-order valence-corrected chi connectivity index (χ0v) is 10.2. The van der Waals surface area contributed by atoms with Crippen molar-refractivity contribution in [1.82, 2.24) is 0 Å². The van der Waals surface area contributed by atoms with Crippen molar-refractivity contribution < 1.29 is 36.2 Å². The van der Waals surface area contributed by atoms with Crippen LogP contribution in [0.15, 0.2) is 24.3 Å². The van der Waals surface area contributed by atoms with E-state index < -0.39 is 30.9 Å². The number of alkyl halides is 6. The summed E-state index contributed by atoms with van der Waals surface area (Å²) in [5.74, 6) is -0.552. The summed E-state index contributed by atoms with van der Waals surface area (Å²) in [5, 5.41) is 8.90. The fourth-order valence-corrected chi connectivity index (χ4v) is 1.39. The molecule has 20 heavy (non-hydrogen) atoms. The Hall–Kier alpha value is -1.64. The first-order chi connectivity index (χ1) is 8.99. The van der Waals surface area contributed by atoms with E-state index in [1.165, 1.54) is 19.2 Å². The minimum absolute atomic E-state index is 0.0510. The SMILES string of the molecule is CN(CC(O)C(F)(F)F)c1cccc(OC(F)(F)F)c1. The second-order valence-electron chi connectivity index (χ2n) is 3.98. The van der Waals surface area contributed by atoms with Gasteiger partial charge in [0.15, 0.2) is 6.10 Å². The number of ether oxygens (including phenoxy) is 1. The molecule has 0 aromatic heterocycles. The third kappa shape index (κ3) is 5.16. The maximum absolute atomic E-state index is 12.2. The molecule has 0 saturated heterocycles. The van der Waals surface area contributed by atoms with Gasteiger partial charge in [0.05, 0.1) is 6.54 Å². The van der Waals surface area contributed by atoms with Crippen LogP contribution in [0.25, 0.3) is 0 Å². The fraction of sp³-hybridized carbons (Fsp3) is 0.455. The van der Waals surface area contributed by atoms with E-state index in [1.54, 1.807) is 0 Å². The molecule has 9 heteroatoms. The smallest absolute Gasteiger partial charge is 0.406 e. The molecule has 0 heterocycles. The Morgan fingerprint density at radius 1 is 1.20 bits per heavy atom. The molecule has 0 bridgehead atoms. The lowest BCUT2D eigenvalue weighted by molar-refractivity contribution is -0.274. The lowest BCUT2D eigenvalue weighted by Gasteiger charge is -2.24. The molecule has 0 radical (unpaired) electrons. The monoisotopic (exact) mass is 303 g/mol. The number of aliphatic hydroxyl groups excluding tert-OH is 1. The van der Waals surface area contributed by atoms with Gasteiger partial charge in [0.2, 0.25) is 0 Å². The first kappa shape index (κ1) is 16.4. The maximum atomic E-state index is 12.2. The summed E-state index contributed by atoms with van der Waals surface area (Å²) >= 11 is 0. The van der Waals surface area contributed by atoms with Crippen molar-refractivity contribution in [3.05, 3.63) is 24.3 Å². The number of aliphatic hydroxyl groups is 1. The van der Waals surface area contributed by atoms with E-state index in [0.29, 0.717) is 0 Å². The summed E-state index contributed by atoms with van der Waals surface area (Å²) in [5.41, 5.74) is 0.0510. The summed E-state index contributed by atoms with van der Waals surface area (Å²) < 4.78 is 76.2. The molecule has 0 amide bonds. The van der Waals surface area contributed by atoms with E-state index in [9.17, 15) is 26.3 Å². The second-order valence-corrected chi connectivity index (χ2v) is 3.98. The highest BCUT2D eigenvalue weighted by atomic mass is 19.4. The van der Waals surface area contributed by atoms with Crippen LogP contribution in [0.3, 0.4) is 0 Å².